The summed E-state index contributed by atoms with van der Waals surface area (Å²) in [5.74, 6) is -0.509. The van der Waals surface area contributed by atoms with Gasteiger partial charge >= 0.3 is 24.2 Å². The molecule has 2 aromatic carbocycles. The number of esters is 1. The van der Waals surface area contributed by atoms with Crippen molar-refractivity contribution >= 4 is 23.7 Å². The maximum atomic E-state index is 13.3. The van der Waals surface area contributed by atoms with Gasteiger partial charge in [0.05, 0.1) is 23.8 Å². The van der Waals surface area contributed by atoms with E-state index in [0.29, 0.717) is 30.9 Å². The lowest BCUT2D eigenvalue weighted by atomic mass is 9.91. The minimum atomic E-state index is -4.46. The van der Waals surface area contributed by atoms with E-state index in [1.54, 1.807) is 18.9 Å². The van der Waals surface area contributed by atoms with Gasteiger partial charge in [-0.25, -0.2) is 14.4 Å². The molecule has 2 aliphatic rings. The molecular formula is C29H34F3N5O4. The lowest BCUT2D eigenvalue weighted by Gasteiger charge is -2.42. The van der Waals surface area contributed by atoms with E-state index >= 15 is 0 Å². The van der Waals surface area contributed by atoms with Crippen molar-refractivity contribution in [1.29, 1.82) is 0 Å². The standard InChI is InChI=1S/C29H34F3N5O4/c1-5-41-26(38)24-23(35(4)27(39)34-25(24)22-9-7-6-8-18(22)2)17-36-14-15-37(19(3)16-36)28(40)33-21-12-10-20(11-13-21)29(30,31)32/h6-13,19,25H,5,14-17H2,1-4H3,(H,33,40)(H,34,39)/t19-,25-/m0/s1. The van der Waals surface area contributed by atoms with Gasteiger partial charge in [-0.05, 0) is 56.2 Å². The van der Waals surface area contributed by atoms with Crippen molar-refractivity contribution in [3.05, 3.63) is 76.5 Å². The number of alkyl halides is 3. The molecule has 0 bridgehead atoms. The number of piperazine rings is 1. The normalized spacial score (nSPS) is 20.1. The number of rotatable bonds is 6. The van der Waals surface area contributed by atoms with Gasteiger partial charge in [0.1, 0.15) is 0 Å². The molecule has 0 unspecified atom stereocenters. The molecule has 9 nitrogen and oxygen atoms in total. The first-order chi connectivity index (χ1) is 19.4. The zero-order chi connectivity index (χ0) is 29.9. The predicted octanol–water partition coefficient (Wildman–Crippen LogP) is 4.77. The van der Waals surface area contributed by atoms with Crippen LogP contribution in [0.1, 0.15) is 36.6 Å². The number of urea groups is 2. The molecule has 2 heterocycles. The van der Waals surface area contributed by atoms with Gasteiger partial charge in [-0.15, -0.1) is 0 Å². The zero-order valence-corrected chi connectivity index (χ0v) is 23.4. The van der Waals surface area contributed by atoms with Gasteiger partial charge in [0.2, 0.25) is 0 Å². The second kappa shape index (κ2) is 12.2. The van der Waals surface area contributed by atoms with Crippen LogP contribution < -0.4 is 10.6 Å². The second-order valence-electron chi connectivity index (χ2n) is 10.2. The van der Waals surface area contributed by atoms with Crippen LogP contribution in [-0.2, 0) is 15.7 Å². The molecule has 0 spiro atoms. The first kappa shape index (κ1) is 29.9. The Labute approximate surface area is 236 Å². The first-order valence-corrected chi connectivity index (χ1v) is 13.4. The van der Waals surface area contributed by atoms with E-state index in [1.807, 2.05) is 38.1 Å². The molecule has 2 atom stereocenters. The monoisotopic (exact) mass is 573 g/mol. The van der Waals surface area contributed by atoms with Crippen LogP contribution in [0.15, 0.2) is 59.8 Å². The number of carbonyl (C=O) groups is 3. The summed E-state index contributed by atoms with van der Waals surface area (Å²) in [5, 5.41) is 5.60. The smallest absolute Gasteiger partial charge is 0.416 e. The number of anilines is 1. The van der Waals surface area contributed by atoms with Crippen LogP contribution in [-0.4, -0.2) is 78.6 Å². The third-order valence-corrected chi connectivity index (χ3v) is 7.38. The van der Waals surface area contributed by atoms with Gasteiger partial charge in [0.25, 0.3) is 0 Å². The Hall–Kier alpha value is -4.06. The zero-order valence-electron chi connectivity index (χ0n) is 23.4. The highest BCUT2D eigenvalue weighted by atomic mass is 19.4. The number of hydrogen-bond acceptors (Lipinski definition) is 5. The molecule has 12 heteroatoms. The van der Waals surface area contributed by atoms with E-state index in [0.717, 1.165) is 23.3 Å². The Balaban J connectivity index is 1.51. The molecule has 2 aliphatic heterocycles. The van der Waals surface area contributed by atoms with E-state index in [-0.39, 0.29) is 30.9 Å². The van der Waals surface area contributed by atoms with Gasteiger partial charge in [0, 0.05) is 50.7 Å². The van der Waals surface area contributed by atoms with E-state index < -0.39 is 29.8 Å². The molecule has 4 rings (SSSR count). The molecule has 0 saturated carbocycles. The highest BCUT2D eigenvalue weighted by Crippen LogP contribution is 2.33. The Bertz CT molecular complexity index is 1330. The maximum absolute atomic E-state index is 13.3. The topological polar surface area (TPSA) is 94.2 Å². The number of ether oxygens (including phenoxy) is 1. The summed E-state index contributed by atoms with van der Waals surface area (Å²) in [6.07, 6.45) is -4.46. The van der Waals surface area contributed by atoms with E-state index in [1.165, 1.54) is 17.0 Å². The number of amides is 4. The van der Waals surface area contributed by atoms with E-state index in [9.17, 15) is 27.6 Å². The SMILES string of the molecule is CCOC(=O)C1=C(CN2CCN(C(=O)Nc3ccc(C(F)(F)F)cc3)[C@@H](C)C2)N(C)C(=O)N[C@H]1c1ccccc1C. The van der Waals surface area contributed by atoms with E-state index in [2.05, 4.69) is 15.5 Å². The van der Waals surface area contributed by atoms with Crippen molar-refractivity contribution in [2.24, 2.45) is 0 Å². The molecule has 0 aromatic heterocycles. The summed E-state index contributed by atoms with van der Waals surface area (Å²) in [6.45, 7) is 7.21. The number of hydrogen-bond donors (Lipinski definition) is 2. The van der Waals surface area contributed by atoms with Crippen LogP contribution in [0.25, 0.3) is 0 Å². The lowest BCUT2D eigenvalue weighted by molar-refractivity contribution is -0.139. The molecule has 1 fully saturated rings. The molecule has 220 valence electrons. The van der Waals surface area contributed by atoms with Crippen LogP contribution in [0.4, 0.5) is 28.4 Å². The fourth-order valence-corrected chi connectivity index (χ4v) is 5.17. The average molecular weight is 574 g/mol. The largest absolute Gasteiger partial charge is 0.463 e. The molecule has 1 saturated heterocycles. The first-order valence-electron chi connectivity index (χ1n) is 13.4. The van der Waals surface area contributed by atoms with Crippen LogP contribution in [0, 0.1) is 6.92 Å². The number of halogens is 3. The number of nitrogens with zero attached hydrogens (tertiary/aromatic N) is 3. The minimum Gasteiger partial charge on any atom is -0.463 e. The minimum absolute atomic E-state index is 0.178. The van der Waals surface area contributed by atoms with Crippen LogP contribution in [0.5, 0.6) is 0 Å². The Morgan fingerprint density at radius 1 is 1.10 bits per heavy atom. The quantitative estimate of drug-likeness (QED) is 0.486. The highest BCUT2D eigenvalue weighted by Gasteiger charge is 2.39. The lowest BCUT2D eigenvalue weighted by Crippen LogP contribution is -2.57. The van der Waals surface area contributed by atoms with Gasteiger partial charge < -0.3 is 20.3 Å². The molecule has 2 aromatic rings. The molecule has 0 radical (unpaired) electrons. The van der Waals surface area contributed by atoms with Gasteiger partial charge in [0.15, 0.2) is 0 Å². The van der Waals surface area contributed by atoms with Crippen LogP contribution in [0.3, 0.4) is 0 Å². The fraction of sp³-hybridized carbons (Fsp3) is 0.414. The number of likely N-dealkylation sites (N-methyl/N-ethyl adjacent to an activating group) is 1. The van der Waals surface area contributed by atoms with Gasteiger partial charge in [-0.3, -0.25) is 9.80 Å². The van der Waals surface area contributed by atoms with Crippen molar-refractivity contribution in [3.63, 3.8) is 0 Å². The maximum Gasteiger partial charge on any atom is 0.416 e. The summed E-state index contributed by atoms with van der Waals surface area (Å²) in [6, 6.07) is 10.1. The highest BCUT2D eigenvalue weighted by molar-refractivity contribution is 5.95. The summed E-state index contributed by atoms with van der Waals surface area (Å²) in [4.78, 5) is 44.3. The summed E-state index contributed by atoms with van der Waals surface area (Å²) < 4.78 is 44.0. The van der Waals surface area contributed by atoms with Crippen molar-refractivity contribution in [3.8, 4) is 0 Å². The third-order valence-electron chi connectivity index (χ3n) is 7.38. The Morgan fingerprint density at radius 2 is 1.78 bits per heavy atom. The second-order valence-corrected chi connectivity index (χ2v) is 10.2. The predicted molar refractivity (Wildman–Crippen MR) is 147 cm³/mol. The molecular weight excluding hydrogens is 539 g/mol. The van der Waals surface area contributed by atoms with Crippen LogP contribution in [0.2, 0.25) is 0 Å². The van der Waals surface area contributed by atoms with Crippen molar-refractivity contribution in [2.45, 2.75) is 39.0 Å². The number of aryl methyl sites for hydroxylation is 1. The fourth-order valence-electron chi connectivity index (χ4n) is 5.17. The summed E-state index contributed by atoms with van der Waals surface area (Å²) >= 11 is 0. The number of carbonyl (C=O) groups excluding carboxylic acids is 3. The number of benzene rings is 2. The van der Waals surface area contributed by atoms with Gasteiger partial charge in [-0.2, -0.15) is 13.2 Å². The summed E-state index contributed by atoms with van der Waals surface area (Å²) in [7, 11) is 1.61. The molecule has 2 N–H and O–H groups in total. The Morgan fingerprint density at radius 3 is 2.39 bits per heavy atom. The molecule has 0 aliphatic carbocycles. The van der Waals surface area contributed by atoms with Crippen molar-refractivity contribution in [2.75, 3.05) is 45.2 Å². The van der Waals surface area contributed by atoms with Gasteiger partial charge in [-0.1, -0.05) is 24.3 Å². The van der Waals surface area contributed by atoms with Crippen molar-refractivity contribution < 1.29 is 32.3 Å². The molecule has 4 amide bonds. The third kappa shape index (κ3) is 6.64. The van der Waals surface area contributed by atoms with Crippen molar-refractivity contribution in [1.82, 2.24) is 20.0 Å². The Kier molecular flexibility index (Phi) is 8.91. The average Bonchev–Trinajstić information content (AvgIpc) is 2.91. The summed E-state index contributed by atoms with van der Waals surface area (Å²) in [5.41, 5.74) is 2.07. The van der Waals surface area contributed by atoms with E-state index in [4.69, 9.17) is 4.74 Å². The van der Waals surface area contributed by atoms with Crippen LogP contribution >= 0.6 is 0 Å². The number of nitrogens with one attached hydrogen (secondary N) is 2. The molecule has 41 heavy (non-hydrogen) atoms.